The van der Waals surface area contributed by atoms with Gasteiger partial charge in [0.1, 0.15) is 5.82 Å². The largest absolute Gasteiger partial charge is 0.458 e. The molecular formula is C23H28BFO2. The lowest BCUT2D eigenvalue weighted by atomic mass is 9.74. The summed E-state index contributed by atoms with van der Waals surface area (Å²) in [7, 11) is -0.266. The van der Waals surface area contributed by atoms with E-state index < -0.39 is 0 Å². The molecule has 142 valence electrons. The molecule has 0 aromatic heterocycles. The Morgan fingerprint density at radius 1 is 0.963 bits per heavy atom. The molecule has 4 heteroatoms. The highest BCUT2D eigenvalue weighted by Gasteiger charge is 2.51. The molecule has 0 saturated carbocycles. The molecule has 0 bridgehead atoms. The van der Waals surface area contributed by atoms with E-state index in [1.54, 1.807) is 0 Å². The number of rotatable bonds is 5. The maximum Gasteiger partial charge on any atom is 0.458 e. The van der Waals surface area contributed by atoms with Gasteiger partial charge in [-0.15, -0.1) is 0 Å². The fourth-order valence-electron chi connectivity index (χ4n) is 3.38. The molecule has 0 unspecified atom stereocenters. The van der Waals surface area contributed by atoms with Crippen LogP contribution in [-0.2, 0) is 9.31 Å². The van der Waals surface area contributed by atoms with Gasteiger partial charge in [-0.1, -0.05) is 48.5 Å². The Morgan fingerprint density at radius 3 is 2.07 bits per heavy atom. The number of benzene rings is 2. The highest BCUT2D eigenvalue weighted by Crippen LogP contribution is 2.40. The molecule has 1 aliphatic heterocycles. The monoisotopic (exact) mass is 366 g/mol. The number of allylic oxidation sites excluding steroid dienone is 2. The second-order valence-electron chi connectivity index (χ2n) is 8.30. The van der Waals surface area contributed by atoms with E-state index in [2.05, 4.69) is 52.8 Å². The topological polar surface area (TPSA) is 18.5 Å². The Hall–Kier alpha value is -1.91. The van der Waals surface area contributed by atoms with Crippen LogP contribution in [-0.4, -0.2) is 18.3 Å². The van der Waals surface area contributed by atoms with Gasteiger partial charge in [0, 0.05) is 5.92 Å². The lowest BCUT2D eigenvalue weighted by Crippen LogP contribution is -2.41. The summed E-state index contributed by atoms with van der Waals surface area (Å²) in [4.78, 5) is 0. The van der Waals surface area contributed by atoms with E-state index in [1.165, 1.54) is 17.7 Å². The summed E-state index contributed by atoms with van der Waals surface area (Å²) in [5, 5.41) is 0. The molecule has 1 saturated heterocycles. The van der Waals surface area contributed by atoms with Crippen molar-refractivity contribution in [3.05, 3.63) is 77.6 Å². The van der Waals surface area contributed by atoms with E-state index in [1.807, 2.05) is 30.3 Å². The molecule has 1 aliphatic rings. The second kappa shape index (κ2) is 7.61. The minimum absolute atomic E-state index is 0.144. The van der Waals surface area contributed by atoms with Crippen LogP contribution in [0.4, 0.5) is 4.39 Å². The molecule has 1 atom stereocenters. The molecule has 0 spiro atoms. The SMILES string of the molecule is C/C(=C\[C@@H](CB1OC(C)(C)C(C)(C)O1)c1ccccc1)c1ccc(F)cc1. The number of hydrogen-bond acceptors (Lipinski definition) is 2. The normalized spacial score (nSPS) is 19.9. The molecule has 27 heavy (non-hydrogen) atoms. The van der Waals surface area contributed by atoms with Crippen molar-refractivity contribution in [3.63, 3.8) is 0 Å². The van der Waals surface area contributed by atoms with Crippen LogP contribution in [0.25, 0.3) is 5.57 Å². The quantitative estimate of drug-likeness (QED) is 0.595. The van der Waals surface area contributed by atoms with Gasteiger partial charge in [0.2, 0.25) is 0 Å². The van der Waals surface area contributed by atoms with Crippen LogP contribution in [0.3, 0.4) is 0 Å². The maximum atomic E-state index is 13.2. The zero-order valence-corrected chi connectivity index (χ0v) is 16.8. The lowest BCUT2D eigenvalue weighted by Gasteiger charge is -2.32. The van der Waals surface area contributed by atoms with Crippen LogP contribution >= 0.6 is 0 Å². The van der Waals surface area contributed by atoms with Gasteiger partial charge < -0.3 is 9.31 Å². The maximum absolute atomic E-state index is 13.2. The van der Waals surface area contributed by atoms with Crippen molar-refractivity contribution in [3.8, 4) is 0 Å². The molecule has 2 aromatic rings. The summed E-state index contributed by atoms with van der Waals surface area (Å²) < 4.78 is 25.7. The van der Waals surface area contributed by atoms with Crippen LogP contribution in [0.5, 0.6) is 0 Å². The first-order valence-electron chi connectivity index (χ1n) is 9.53. The van der Waals surface area contributed by atoms with E-state index in [-0.39, 0.29) is 30.1 Å². The molecule has 0 N–H and O–H groups in total. The van der Waals surface area contributed by atoms with Gasteiger partial charge in [-0.3, -0.25) is 0 Å². The minimum Gasteiger partial charge on any atom is -0.403 e. The first-order chi connectivity index (χ1) is 12.7. The third kappa shape index (κ3) is 4.51. The van der Waals surface area contributed by atoms with Gasteiger partial charge in [0.25, 0.3) is 0 Å². The van der Waals surface area contributed by atoms with Crippen LogP contribution in [0.15, 0.2) is 60.7 Å². The van der Waals surface area contributed by atoms with Gasteiger partial charge >= 0.3 is 7.12 Å². The molecule has 0 amide bonds. The van der Waals surface area contributed by atoms with Crippen molar-refractivity contribution in [1.29, 1.82) is 0 Å². The predicted octanol–water partition coefficient (Wildman–Crippen LogP) is 6.11. The summed E-state index contributed by atoms with van der Waals surface area (Å²) in [5.74, 6) is -0.0747. The van der Waals surface area contributed by atoms with Crippen LogP contribution < -0.4 is 0 Å². The Morgan fingerprint density at radius 2 is 1.52 bits per heavy atom. The van der Waals surface area contributed by atoms with E-state index in [9.17, 15) is 4.39 Å². The molecular weight excluding hydrogens is 338 g/mol. The van der Waals surface area contributed by atoms with E-state index in [4.69, 9.17) is 9.31 Å². The molecule has 1 heterocycles. The first-order valence-corrected chi connectivity index (χ1v) is 9.53. The fourth-order valence-corrected chi connectivity index (χ4v) is 3.38. The average Bonchev–Trinajstić information content (AvgIpc) is 2.82. The zero-order valence-electron chi connectivity index (χ0n) is 16.8. The molecule has 0 aliphatic carbocycles. The summed E-state index contributed by atoms with van der Waals surface area (Å²) in [6, 6.07) is 17.0. The first kappa shape index (κ1) is 19.8. The third-order valence-electron chi connectivity index (χ3n) is 5.73. The highest BCUT2D eigenvalue weighted by molar-refractivity contribution is 6.45. The van der Waals surface area contributed by atoms with Gasteiger partial charge in [0.05, 0.1) is 11.2 Å². The van der Waals surface area contributed by atoms with Crippen LogP contribution in [0.2, 0.25) is 6.32 Å². The fraction of sp³-hybridized carbons (Fsp3) is 0.391. The standard InChI is InChI=1S/C23H28BFO2/c1-17(18-11-13-21(25)14-12-18)15-20(19-9-7-6-8-10-19)16-24-26-22(2,3)23(4,5)27-24/h6-15,20H,16H2,1-5H3/b17-15+/t20-/m0/s1. The van der Waals surface area contributed by atoms with E-state index in [0.717, 1.165) is 17.5 Å². The highest BCUT2D eigenvalue weighted by atomic mass is 19.1. The second-order valence-corrected chi connectivity index (χ2v) is 8.30. The van der Waals surface area contributed by atoms with Crippen molar-refractivity contribution in [1.82, 2.24) is 0 Å². The summed E-state index contributed by atoms with van der Waals surface area (Å²) >= 11 is 0. The molecule has 1 fully saturated rings. The van der Waals surface area contributed by atoms with Crippen molar-refractivity contribution >= 4 is 12.7 Å². The Balaban J connectivity index is 1.86. The summed E-state index contributed by atoms with van der Waals surface area (Å²) in [6.07, 6.45) is 2.96. The Kier molecular flexibility index (Phi) is 5.59. The number of hydrogen-bond donors (Lipinski definition) is 0. The molecule has 2 aromatic carbocycles. The summed E-state index contributed by atoms with van der Waals surface area (Å²) in [6.45, 7) is 10.4. The Bertz CT molecular complexity index is 781. The van der Waals surface area contributed by atoms with Crippen molar-refractivity contribution in [2.75, 3.05) is 0 Å². The molecule has 0 radical (unpaired) electrons. The van der Waals surface area contributed by atoms with Crippen molar-refractivity contribution < 1.29 is 13.7 Å². The zero-order chi connectivity index (χ0) is 19.7. The van der Waals surface area contributed by atoms with Crippen molar-refractivity contribution in [2.24, 2.45) is 0 Å². The third-order valence-corrected chi connectivity index (χ3v) is 5.73. The predicted molar refractivity (Wildman–Crippen MR) is 110 cm³/mol. The average molecular weight is 366 g/mol. The molecule has 3 rings (SSSR count). The summed E-state index contributed by atoms with van der Waals surface area (Å²) in [5.41, 5.74) is 2.67. The van der Waals surface area contributed by atoms with Crippen LogP contribution in [0, 0.1) is 5.82 Å². The van der Waals surface area contributed by atoms with E-state index >= 15 is 0 Å². The smallest absolute Gasteiger partial charge is 0.403 e. The lowest BCUT2D eigenvalue weighted by molar-refractivity contribution is 0.00578. The number of halogens is 1. The minimum atomic E-state index is -0.339. The Labute approximate surface area is 162 Å². The van der Waals surface area contributed by atoms with Crippen LogP contribution in [0.1, 0.15) is 51.7 Å². The van der Waals surface area contributed by atoms with Gasteiger partial charge in [0.15, 0.2) is 0 Å². The van der Waals surface area contributed by atoms with Gasteiger partial charge in [-0.2, -0.15) is 0 Å². The van der Waals surface area contributed by atoms with E-state index in [0.29, 0.717) is 0 Å². The van der Waals surface area contributed by atoms with Gasteiger partial charge in [-0.05, 0) is 69.8 Å². The van der Waals surface area contributed by atoms with Gasteiger partial charge in [-0.25, -0.2) is 4.39 Å². The van der Waals surface area contributed by atoms with Crippen molar-refractivity contribution in [2.45, 2.75) is 58.1 Å². The molecule has 2 nitrogen and oxygen atoms in total.